The van der Waals surface area contributed by atoms with Crippen molar-refractivity contribution in [2.24, 2.45) is 69.0 Å². The molecular formula is C109H137FO28. The quantitative estimate of drug-likeness (QED) is 0.00908. The van der Waals surface area contributed by atoms with Gasteiger partial charge in [0.05, 0.1) is 66.3 Å². The molecule has 28 nitrogen and oxygen atoms in total. The van der Waals surface area contributed by atoms with Gasteiger partial charge < -0.3 is 86.4 Å². The van der Waals surface area contributed by atoms with Gasteiger partial charge in [-0.15, -0.1) is 0 Å². The van der Waals surface area contributed by atoms with Crippen molar-refractivity contribution < 1.29 is 139 Å². The van der Waals surface area contributed by atoms with Crippen molar-refractivity contribution in [3.63, 3.8) is 0 Å². The van der Waals surface area contributed by atoms with E-state index in [0.717, 1.165) is 23.1 Å². The van der Waals surface area contributed by atoms with Crippen LogP contribution in [-0.4, -0.2) is 185 Å². The summed E-state index contributed by atoms with van der Waals surface area (Å²) >= 11 is 0. The predicted octanol–water partition coefficient (Wildman–Crippen LogP) is 17.6. The number of ketones is 2. The number of ether oxygens (including phenoxy) is 15. The number of carbonyl (C=O) groups excluding carboxylic acids is 10. The summed E-state index contributed by atoms with van der Waals surface area (Å²) in [4.78, 5) is 138. The van der Waals surface area contributed by atoms with Crippen molar-refractivity contribution >= 4 is 59.8 Å². The second kappa shape index (κ2) is 44.8. The van der Waals surface area contributed by atoms with Gasteiger partial charge in [0.25, 0.3) is 0 Å². The first-order chi connectivity index (χ1) is 64.8. The molecule has 4 bridgehead atoms. The monoisotopic (exact) mass is 1910 g/mol. The first kappa shape index (κ1) is 108. The molecule has 0 radical (unpaired) electrons. The summed E-state index contributed by atoms with van der Waals surface area (Å²) < 4.78 is 103. The molecule has 6 aromatic carbocycles. The normalized spacial score (nSPS) is 29.8. The molecule has 14 rings (SSSR count). The maximum absolute atomic E-state index is 15.9. The maximum Gasteiger partial charge on any atom is 0.508 e. The van der Waals surface area contributed by atoms with Gasteiger partial charge >= 0.3 is 48.2 Å². The summed E-state index contributed by atoms with van der Waals surface area (Å²) in [5.74, 6) is -9.02. The first-order valence-electron chi connectivity index (χ1n) is 47.2. The van der Waals surface area contributed by atoms with E-state index in [4.69, 9.17) is 71.1 Å². The van der Waals surface area contributed by atoms with Crippen molar-refractivity contribution in [2.75, 3.05) is 26.8 Å². The first-order valence-corrected chi connectivity index (χ1v) is 47.2. The molecule has 2 unspecified atom stereocenters. The number of esters is 5. The Morgan fingerprint density at radius 2 is 0.790 bits per heavy atom. The van der Waals surface area contributed by atoms with Crippen LogP contribution in [0.25, 0.3) is 0 Å². The summed E-state index contributed by atoms with van der Waals surface area (Å²) in [6.45, 7) is 31.3. The van der Waals surface area contributed by atoms with Crippen LogP contribution in [0.5, 0.6) is 0 Å². The third-order valence-corrected chi connectivity index (χ3v) is 29.6. The van der Waals surface area contributed by atoms with Crippen LogP contribution in [0.15, 0.2) is 204 Å². The van der Waals surface area contributed by atoms with E-state index in [-0.39, 0.29) is 109 Å². The molecule has 8 aliphatic rings. The van der Waals surface area contributed by atoms with E-state index >= 15 is 9.59 Å². The van der Waals surface area contributed by atoms with E-state index in [0.29, 0.717) is 46.8 Å². The van der Waals surface area contributed by atoms with Crippen molar-refractivity contribution in [3.05, 3.63) is 238 Å². The Balaban J connectivity index is 0.000000226. The third kappa shape index (κ3) is 22.2. The topological polar surface area (TPSA) is 370 Å². The van der Waals surface area contributed by atoms with Crippen molar-refractivity contribution in [2.45, 2.75) is 280 Å². The molecule has 6 aliphatic carbocycles. The van der Waals surface area contributed by atoms with E-state index in [1.165, 1.54) is 13.8 Å². The molecule has 3 N–H and O–H groups in total. The Kier molecular flexibility index (Phi) is 35.0. The average molecular weight is 1910 g/mol. The molecule has 0 amide bonds. The molecule has 29 heteroatoms. The Bertz CT molecular complexity index is 5300. The number of rotatable bonds is 31. The molecule has 2 saturated heterocycles. The Morgan fingerprint density at radius 1 is 0.457 bits per heavy atom. The van der Waals surface area contributed by atoms with E-state index in [2.05, 4.69) is 0 Å². The minimum atomic E-state index is -2.17. The van der Waals surface area contributed by atoms with E-state index in [1.807, 2.05) is 126 Å². The molecule has 4 saturated carbocycles. The number of carbonyl (C=O) groups is 10. The van der Waals surface area contributed by atoms with E-state index in [1.54, 1.807) is 166 Å². The third-order valence-electron chi connectivity index (χ3n) is 29.6. The van der Waals surface area contributed by atoms with Gasteiger partial charge in [-0.2, -0.15) is 4.39 Å². The zero-order valence-electron chi connectivity index (χ0n) is 81.5. The van der Waals surface area contributed by atoms with Crippen molar-refractivity contribution in [1.29, 1.82) is 0 Å². The number of hydrogen-bond donors (Lipinski definition) is 3. The Labute approximate surface area is 808 Å². The van der Waals surface area contributed by atoms with Gasteiger partial charge in [-0.1, -0.05) is 248 Å². The predicted molar refractivity (Wildman–Crippen MR) is 504 cm³/mol. The molecule has 138 heavy (non-hydrogen) atoms. The van der Waals surface area contributed by atoms with E-state index in [9.17, 15) is 58.1 Å². The zero-order chi connectivity index (χ0) is 99.7. The Hall–Kier alpha value is -10.7. The van der Waals surface area contributed by atoms with Crippen molar-refractivity contribution in [3.8, 4) is 0 Å². The summed E-state index contributed by atoms with van der Waals surface area (Å²) in [7, 11) is 0. The standard InChI is InChI=1S/C54H66O14.C38H44O11.C16H23FO3.CH4/c1-32(2)25-33(3)44(64-31-61-28-37-19-13-10-14-20-37)49(58)65-40-27-54(60)47(67-48(57)39-23-17-12-18-24-39)45-52(9,46(56)35(5)43(34(40)4)51(54,7)8)41(26-42-53(45,30-63-42)68-36(6)55)66-50(59)62-29-38-21-15-11-16-22-38;1-21-26(40)18-38(44)32(48-33(42)25-15-11-8-12-16-25)30-36(6,31(41)22(2)29(21)35(38,4)5)27(17-28-37(30,20-46-28)49-23(3)39)47-34(43)45-19-24-13-9-7-10-14-24;1-12(2)9-13(3)15(16(17)18)20-11-19-10-14-7-5-4-6-8-14;/h10-24,32-33,35,40-42,44-45,47,60H,25-31H2,1-9H3;7-16,22,26-28,30,32,40,44H,17-20H2,1-6H3;4-8,12-13,15H,9-11H2,1-3H3;1H4/t33-,35+,40-,41-,42+,44?,45-,47-,52+,53-,54+;22-,26+,27+,28-,30+,32+,36-,37+,38-;13-,15?;/m010./s1. The fourth-order valence-electron chi connectivity index (χ4n) is 23.0. The summed E-state index contributed by atoms with van der Waals surface area (Å²) in [5, 5.41) is 38.5. The van der Waals surface area contributed by atoms with Crippen molar-refractivity contribution in [1.82, 2.24) is 0 Å². The number of Topliss-reactive ketones (excluding diaryl/α,β-unsaturated/α-hetero) is 2. The van der Waals surface area contributed by atoms with Gasteiger partial charge in [-0.3, -0.25) is 24.0 Å². The zero-order valence-corrected chi connectivity index (χ0v) is 81.5. The average Bonchev–Trinajstić information content (AvgIpc) is 0.670. The highest BCUT2D eigenvalue weighted by Gasteiger charge is 2.81. The fourth-order valence-corrected chi connectivity index (χ4v) is 23.0. The Morgan fingerprint density at radius 3 is 1.13 bits per heavy atom. The molecule has 748 valence electrons. The lowest BCUT2D eigenvalue weighted by atomic mass is 9.43. The number of fused-ring (bicyclic) bond motifs is 10. The number of benzene rings is 6. The molecule has 2 heterocycles. The molecular weight excluding hydrogens is 1780 g/mol. The molecule has 6 aromatic rings. The van der Waals surface area contributed by atoms with Gasteiger partial charge in [0.15, 0.2) is 23.4 Å². The SMILES string of the molecule is C.CC(=O)O[C@@]12CO[C@@H]1C[C@H](OC(=O)OCc1ccccc1)[C@@]1(C)C(=O)[C@H](C)C3=C(C)[C@@H](O)C[C@@](O)([C@@H](OC(=O)c4ccccc4)[C@H]21)C3(C)C.CC(=O)O[C@@]12CO[C@@H]1C[C@H](OC(=O)OCc1ccccc1)[C@@]1(C)C(=O)[C@H](C)C3=C(C)[C@@H](OC(=O)C(OCOCc4ccccc4)[C@@H](C)CC(C)C)C[C@@](O)([C@@H](OC(=O)c4ccccc4)[C@H]21)C3(C)C.CC(C)C[C@H](C)C(OCOCc1ccccc1)C(=O)F. The minimum Gasteiger partial charge on any atom is -0.456 e. The summed E-state index contributed by atoms with van der Waals surface area (Å²) in [5.41, 5.74) is -7.84. The minimum absolute atomic E-state index is 0. The number of halogens is 1. The second-order valence-electron chi connectivity index (χ2n) is 40.2. The maximum atomic E-state index is 15.9. The van der Waals surface area contributed by atoms with Crippen LogP contribution in [0.1, 0.15) is 214 Å². The molecule has 2 aliphatic heterocycles. The lowest BCUT2D eigenvalue weighted by Gasteiger charge is -2.67. The largest absolute Gasteiger partial charge is 0.508 e. The fraction of sp³-hybridized carbons (Fsp3) is 0.541. The molecule has 6 fully saturated rings. The van der Waals surface area contributed by atoms with Crippen LogP contribution in [0.4, 0.5) is 14.0 Å². The highest BCUT2D eigenvalue weighted by Crippen LogP contribution is 2.68. The van der Waals surface area contributed by atoms with Gasteiger partial charge in [0, 0.05) is 62.2 Å². The summed E-state index contributed by atoms with van der Waals surface area (Å²) in [6, 6.07) is 52.2. The van der Waals surface area contributed by atoms with Gasteiger partial charge in [-0.25, -0.2) is 24.0 Å². The lowest BCUT2D eigenvalue weighted by molar-refractivity contribution is -0.345. The lowest BCUT2D eigenvalue weighted by Crippen LogP contribution is -2.81. The van der Waals surface area contributed by atoms with Crippen LogP contribution < -0.4 is 0 Å². The molecule has 22 atom stereocenters. The summed E-state index contributed by atoms with van der Waals surface area (Å²) in [6.07, 6.45) is -13.5. The van der Waals surface area contributed by atoms with Gasteiger partial charge in [0.2, 0.25) is 0 Å². The van der Waals surface area contributed by atoms with Crippen LogP contribution in [0, 0.1) is 69.0 Å². The highest BCUT2D eigenvalue weighted by molar-refractivity contribution is 5.94. The van der Waals surface area contributed by atoms with Gasteiger partial charge in [0.1, 0.15) is 92.3 Å². The van der Waals surface area contributed by atoms with E-state index < -0.39 is 189 Å². The van der Waals surface area contributed by atoms with Crippen LogP contribution in [0.2, 0.25) is 0 Å². The number of aliphatic hydroxyl groups is 3. The smallest absolute Gasteiger partial charge is 0.456 e. The number of aliphatic hydroxyl groups excluding tert-OH is 1. The molecule has 0 aromatic heterocycles. The van der Waals surface area contributed by atoms with Crippen LogP contribution in [0.3, 0.4) is 0 Å². The van der Waals surface area contributed by atoms with Crippen LogP contribution in [-0.2, 0) is 126 Å². The van der Waals surface area contributed by atoms with Gasteiger partial charge in [-0.05, 0) is 133 Å². The second-order valence-corrected chi connectivity index (χ2v) is 40.2. The number of hydrogen-bond acceptors (Lipinski definition) is 28. The van der Waals surface area contributed by atoms with Crippen LogP contribution >= 0.6 is 0 Å². The molecule has 0 spiro atoms. The highest BCUT2D eigenvalue weighted by atomic mass is 19.1.